The van der Waals surface area contributed by atoms with Gasteiger partial charge in [0, 0.05) is 30.2 Å². The van der Waals surface area contributed by atoms with Crippen LogP contribution in [0.25, 0.3) is 34.1 Å². The Bertz CT molecular complexity index is 1090. The van der Waals surface area contributed by atoms with Crippen LogP contribution >= 0.6 is 0 Å². The first-order valence-corrected chi connectivity index (χ1v) is 8.40. The Morgan fingerprint density at radius 3 is 2.54 bits per heavy atom. The molecule has 3 heterocycles. The highest BCUT2D eigenvalue weighted by Crippen LogP contribution is 2.26. The van der Waals surface area contributed by atoms with Crippen LogP contribution in [-0.4, -0.2) is 23.3 Å². The molecule has 0 aliphatic heterocycles. The highest BCUT2D eigenvalue weighted by atomic mass is 16.4. The van der Waals surface area contributed by atoms with E-state index in [1.165, 1.54) is 6.26 Å². The molecule has 4 aromatic rings. The number of aromatic nitrogens is 2. The van der Waals surface area contributed by atoms with Crippen LogP contribution in [0.15, 0.2) is 60.7 Å². The predicted octanol–water partition coefficient (Wildman–Crippen LogP) is 3.95. The van der Waals surface area contributed by atoms with Gasteiger partial charge in [-0.2, -0.15) is 0 Å². The molecule has 0 radical (unpaired) electrons. The van der Waals surface area contributed by atoms with Crippen LogP contribution < -0.4 is 10.5 Å². The van der Waals surface area contributed by atoms with Gasteiger partial charge < -0.3 is 18.2 Å². The van der Waals surface area contributed by atoms with Crippen molar-refractivity contribution in [2.24, 2.45) is 0 Å². The van der Waals surface area contributed by atoms with E-state index >= 15 is 0 Å². The van der Waals surface area contributed by atoms with Gasteiger partial charge in [-0.25, -0.2) is 4.79 Å². The lowest BCUT2D eigenvalue weighted by molar-refractivity contribution is 0.517. The van der Waals surface area contributed by atoms with Gasteiger partial charge in [-0.3, -0.25) is 0 Å². The topological polar surface area (TPSA) is 85.5 Å². The second-order valence-electron chi connectivity index (χ2n) is 5.73. The maximum atomic E-state index is 12.4. The van der Waals surface area contributed by atoms with Crippen molar-refractivity contribution in [3.05, 3.63) is 53.1 Å². The molecule has 7 heteroatoms. The molecule has 0 spiro atoms. The van der Waals surface area contributed by atoms with Crippen molar-refractivity contribution < 1.29 is 13.3 Å². The van der Waals surface area contributed by atoms with Crippen molar-refractivity contribution in [1.82, 2.24) is 10.2 Å². The van der Waals surface area contributed by atoms with Crippen molar-refractivity contribution in [1.29, 1.82) is 0 Å². The molecule has 0 aliphatic rings. The molecule has 0 atom stereocenters. The molecule has 0 unspecified atom stereocenters. The summed E-state index contributed by atoms with van der Waals surface area (Å²) in [6, 6.07) is 10.9. The van der Waals surface area contributed by atoms with Gasteiger partial charge in [0.15, 0.2) is 5.76 Å². The number of rotatable bonds is 5. The van der Waals surface area contributed by atoms with Crippen LogP contribution in [0.1, 0.15) is 13.8 Å². The molecule has 0 saturated heterocycles. The molecule has 3 aromatic heterocycles. The molecular weight excluding hydrogens is 334 g/mol. The van der Waals surface area contributed by atoms with Crippen molar-refractivity contribution in [3.8, 4) is 23.1 Å². The first-order valence-electron chi connectivity index (χ1n) is 8.40. The average Bonchev–Trinajstić information content (AvgIpc) is 3.33. The minimum atomic E-state index is -0.524. The van der Waals surface area contributed by atoms with Gasteiger partial charge in [0.1, 0.15) is 11.1 Å². The molecule has 0 aliphatic carbocycles. The monoisotopic (exact) mass is 351 g/mol. The number of fused-ring (bicyclic) bond motifs is 1. The smallest absolute Gasteiger partial charge is 0.349 e. The van der Waals surface area contributed by atoms with E-state index in [9.17, 15) is 4.79 Å². The van der Waals surface area contributed by atoms with Gasteiger partial charge in [-0.1, -0.05) is 0 Å². The van der Waals surface area contributed by atoms with Crippen LogP contribution in [0, 0.1) is 0 Å². The minimum absolute atomic E-state index is 0.0971. The number of furan rings is 1. The Kier molecular flexibility index (Phi) is 4.04. The molecule has 7 nitrogen and oxygen atoms in total. The number of anilines is 1. The summed E-state index contributed by atoms with van der Waals surface area (Å²) in [5.74, 6) is 0.749. The zero-order valence-corrected chi connectivity index (χ0v) is 14.4. The highest BCUT2D eigenvalue weighted by molar-refractivity contribution is 5.83. The summed E-state index contributed by atoms with van der Waals surface area (Å²) in [4.78, 5) is 14.6. The fraction of sp³-hybridized carbons (Fsp3) is 0.211. The van der Waals surface area contributed by atoms with Gasteiger partial charge >= 0.3 is 5.63 Å². The van der Waals surface area contributed by atoms with Crippen molar-refractivity contribution in [2.45, 2.75) is 13.8 Å². The number of hydrogen-bond acceptors (Lipinski definition) is 7. The largest absolute Gasteiger partial charge is 0.459 e. The summed E-state index contributed by atoms with van der Waals surface area (Å²) in [5.41, 5.74) is 1.23. The van der Waals surface area contributed by atoms with E-state index in [0.717, 1.165) is 24.2 Å². The normalized spacial score (nSPS) is 11.2. The standard InChI is InChI=1S/C19H17N3O4/c1-3-22(4-2)13-8-7-12-10-14(19(23)25-16(12)11-13)17-20-21-18(26-17)15-6-5-9-24-15/h5-11H,3-4H2,1-2H3. The van der Waals surface area contributed by atoms with Crippen molar-refractivity contribution in [3.63, 3.8) is 0 Å². The fourth-order valence-corrected chi connectivity index (χ4v) is 2.87. The van der Waals surface area contributed by atoms with Crippen LogP contribution in [0.4, 0.5) is 5.69 Å². The highest BCUT2D eigenvalue weighted by Gasteiger charge is 2.17. The molecule has 0 bridgehead atoms. The van der Waals surface area contributed by atoms with Gasteiger partial charge in [0.25, 0.3) is 11.8 Å². The summed E-state index contributed by atoms with van der Waals surface area (Å²) in [6.07, 6.45) is 1.51. The Morgan fingerprint density at radius 1 is 1.00 bits per heavy atom. The minimum Gasteiger partial charge on any atom is -0.459 e. The summed E-state index contributed by atoms with van der Waals surface area (Å²) < 4.78 is 16.3. The predicted molar refractivity (Wildman–Crippen MR) is 97.0 cm³/mol. The van der Waals surface area contributed by atoms with E-state index in [2.05, 4.69) is 28.9 Å². The van der Waals surface area contributed by atoms with Crippen LogP contribution in [-0.2, 0) is 0 Å². The molecule has 0 saturated carbocycles. The quantitative estimate of drug-likeness (QED) is 0.503. The van der Waals surface area contributed by atoms with E-state index in [1.54, 1.807) is 18.2 Å². The molecular formula is C19H17N3O4. The summed E-state index contributed by atoms with van der Waals surface area (Å²) in [7, 11) is 0. The third-order valence-corrected chi connectivity index (χ3v) is 4.24. The molecule has 0 amide bonds. The maximum Gasteiger partial charge on any atom is 0.349 e. The van der Waals surface area contributed by atoms with E-state index in [-0.39, 0.29) is 17.3 Å². The van der Waals surface area contributed by atoms with E-state index < -0.39 is 5.63 Å². The Morgan fingerprint density at radius 2 is 1.81 bits per heavy atom. The number of nitrogens with zero attached hydrogens (tertiary/aromatic N) is 3. The Labute approximate surface area is 148 Å². The fourth-order valence-electron chi connectivity index (χ4n) is 2.87. The third-order valence-electron chi connectivity index (χ3n) is 4.24. The second-order valence-corrected chi connectivity index (χ2v) is 5.73. The van der Waals surface area contributed by atoms with Gasteiger partial charge in [0.2, 0.25) is 0 Å². The molecule has 0 N–H and O–H groups in total. The Balaban J connectivity index is 1.76. The zero-order chi connectivity index (χ0) is 18.1. The first-order chi connectivity index (χ1) is 12.7. The van der Waals surface area contributed by atoms with Gasteiger partial charge in [-0.15, -0.1) is 10.2 Å². The SMILES string of the molecule is CCN(CC)c1ccc2cc(-c3nnc(-c4ccco4)o3)c(=O)oc2c1. The third kappa shape index (κ3) is 2.77. The van der Waals surface area contributed by atoms with Crippen molar-refractivity contribution >= 4 is 16.7 Å². The number of hydrogen-bond donors (Lipinski definition) is 0. The second kappa shape index (κ2) is 6.51. The average molecular weight is 351 g/mol. The van der Waals surface area contributed by atoms with E-state index in [0.29, 0.717) is 11.3 Å². The lowest BCUT2D eigenvalue weighted by atomic mass is 10.1. The van der Waals surface area contributed by atoms with Crippen LogP contribution in [0.2, 0.25) is 0 Å². The number of benzene rings is 1. The maximum absolute atomic E-state index is 12.4. The molecule has 26 heavy (non-hydrogen) atoms. The summed E-state index contributed by atoms with van der Waals surface area (Å²) in [5, 5.41) is 8.64. The van der Waals surface area contributed by atoms with Gasteiger partial charge in [-0.05, 0) is 44.2 Å². The molecule has 0 fully saturated rings. The zero-order valence-electron chi connectivity index (χ0n) is 14.4. The van der Waals surface area contributed by atoms with Crippen molar-refractivity contribution in [2.75, 3.05) is 18.0 Å². The first kappa shape index (κ1) is 16.1. The van der Waals surface area contributed by atoms with Crippen LogP contribution in [0.3, 0.4) is 0 Å². The Hall–Kier alpha value is -3.35. The summed E-state index contributed by atoms with van der Waals surface area (Å²) in [6.45, 7) is 5.92. The van der Waals surface area contributed by atoms with E-state index in [1.807, 2.05) is 18.2 Å². The lowest BCUT2D eigenvalue weighted by Gasteiger charge is -2.20. The summed E-state index contributed by atoms with van der Waals surface area (Å²) >= 11 is 0. The molecule has 1 aromatic carbocycles. The van der Waals surface area contributed by atoms with Gasteiger partial charge in [0.05, 0.1) is 6.26 Å². The lowest BCUT2D eigenvalue weighted by Crippen LogP contribution is -2.21. The molecule has 132 valence electrons. The van der Waals surface area contributed by atoms with E-state index in [4.69, 9.17) is 13.3 Å². The molecule has 4 rings (SSSR count). The van der Waals surface area contributed by atoms with Crippen LogP contribution in [0.5, 0.6) is 0 Å².